The van der Waals surface area contributed by atoms with Crippen molar-refractivity contribution < 1.29 is 4.92 Å². The molecule has 7 heteroatoms. The van der Waals surface area contributed by atoms with Gasteiger partial charge in [0.15, 0.2) is 5.82 Å². The summed E-state index contributed by atoms with van der Waals surface area (Å²) < 4.78 is 1.95. The van der Waals surface area contributed by atoms with Crippen molar-refractivity contribution in [3.8, 4) is 11.4 Å². The number of halogens is 1. The summed E-state index contributed by atoms with van der Waals surface area (Å²) in [5.74, 6) is 1.71. The molecular weight excluding hydrogens is 336 g/mol. The molecule has 0 atom stereocenters. The Bertz CT molecular complexity index is 667. The van der Waals surface area contributed by atoms with E-state index in [2.05, 4.69) is 40.0 Å². The lowest BCUT2D eigenvalue weighted by Crippen LogP contribution is -2.10. The second kappa shape index (κ2) is 6.34. The van der Waals surface area contributed by atoms with Crippen LogP contribution < -0.4 is 0 Å². The van der Waals surface area contributed by atoms with E-state index in [9.17, 15) is 10.1 Å². The summed E-state index contributed by atoms with van der Waals surface area (Å²) in [4.78, 5) is 10.9. The van der Waals surface area contributed by atoms with E-state index in [1.807, 2.05) is 11.5 Å². The molecule has 1 aromatic carbocycles. The minimum atomic E-state index is -0.378. The van der Waals surface area contributed by atoms with Gasteiger partial charge in [0.2, 0.25) is 0 Å². The summed E-state index contributed by atoms with van der Waals surface area (Å²) in [5, 5.41) is 20.1. The number of aromatic nitrogens is 3. The number of nitro groups is 1. The van der Waals surface area contributed by atoms with Crippen molar-refractivity contribution >= 4 is 21.6 Å². The normalized spacial score (nSPS) is 11.1. The molecule has 0 fully saturated rings. The van der Waals surface area contributed by atoms with Gasteiger partial charge in [0.1, 0.15) is 5.82 Å². The molecule has 0 saturated carbocycles. The van der Waals surface area contributed by atoms with E-state index >= 15 is 0 Å². The van der Waals surface area contributed by atoms with Gasteiger partial charge in [0.25, 0.3) is 5.69 Å². The van der Waals surface area contributed by atoms with Gasteiger partial charge in [-0.2, -0.15) is 0 Å². The van der Waals surface area contributed by atoms with Crippen molar-refractivity contribution in [2.24, 2.45) is 5.92 Å². The molecule has 0 N–H and O–H groups in total. The maximum absolute atomic E-state index is 11.3. The molecule has 21 heavy (non-hydrogen) atoms. The Hall–Kier alpha value is -1.76. The molecule has 6 nitrogen and oxygen atoms in total. The maximum Gasteiger partial charge on any atom is 0.280 e. The highest BCUT2D eigenvalue weighted by Gasteiger charge is 2.22. The molecule has 0 bridgehead atoms. The molecule has 0 aliphatic carbocycles. The third-order valence-electron chi connectivity index (χ3n) is 3.08. The predicted octanol–water partition coefficient (Wildman–Crippen LogP) is 3.71. The van der Waals surface area contributed by atoms with E-state index < -0.39 is 0 Å². The van der Waals surface area contributed by atoms with Crippen LogP contribution in [0.3, 0.4) is 0 Å². The monoisotopic (exact) mass is 352 g/mol. The molecule has 0 amide bonds. The lowest BCUT2D eigenvalue weighted by Gasteiger charge is -2.12. The van der Waals surface area contributed by atoms with Crippen molar-refractivity contribution in [1.82, 2.24) is 14.8 Å². The van der Waals surface area contributed by atoms with Crippen LogP contribution in [0.4, 0.5) is 5.69 Å². The molecule has 0 unspecified atom stereocenters. The van der Waals surface area contributed by atoms with Crippen LogP contribution in [-0.2, 0) is 11.9 Å². The third-order valence-corrected chi connectivity index (χ3v) is 3.59. The summed E-state index contributed by atoms with van der Waals surface area (Å²) in [6.45, 7) is 6.80. The van der Waals surface area contributed by atoms with Gasteiger partial charge in [-0.05, 0) is 24.5 Å². The van der Waals surface area contributed by atoms with Crippen molar-refractivity contribution in [1.29, 1.82) is 0 Å². The van der Waals surface area contributed by atoms with Gasteiger partial charge in [0.05, 0.1) is 15.8 Å². The molecule has 0 radical (unpaired) electrons. The number of hydrogen-bond donors (Lipinski definition) is 0. The Labute approximate surface area is 131 Å². The van der Waals surface area contributed by atoms with Crippen LogP contribution in [0.15, 0.2) is 18.2 Å². The largest absolute Gasteiger partial charge is 0.310 e. The zero-order valence-electron chi connectivity index (χ0n) is 12.2. The zero-order chi connectivity index (χ0) is 15.6. The van der Waals surface area contributed by atoms with Crippen LogP contribution >= 0.6 is 15.9 Å². The van der Waals surface area contributed by atoms with E-state index in [0.717, 1.165) is 11.4 Å². The van der Waals surface area contributed by atoms with E-state index in [4.69, 9.17) is 0 Å². The Balaban J connectivity index is 2.64. The average molecular weight is 353 g/mol. The first-order chi connectivity index (χ1) is 9.93. The number of aryl methyl sites for hydroxylation is 1. The first kappa shape index (κ1) is 15.6. The second-order valence-corrected chi connectivity index (χ2v) is 5.92. The first-order valence-corrected chi connectivity index (χ1v) is 7.79. The molecule has 0 aliphatic rings. The van der Waals surface area contributed by atoms with Crippen LogP contribution in [0.1, 0.15) is 25.2 Å². The van der Waals surface area contributed by atoms with Crippen molar-refractivity contribution in [3.05, 3.63) is 39.7 Å². The summed E-state index contributed by atoms with van der Waals surface area (Å²) >= 11 is 3.39. The zero-order valence-corrected chi connectivity index (χ0v) is 13.8. The molecule has 1 heterocycles. The minimum absolute atomic E-state index is 0.0547. The number of alkyl halides is 1. The molecule has 2 rings (SSSR count). The summed E-state index contributed by atoms with van der Waals surface area (Å²) in [5.41, 5.74) is 1.52. The SMILES string of the molecule is Cc1ccc([N+](=O)[O-])c(-c2nnc(CBr)n2CC(C)C)c1. The lowest BCUT2D eigenvalue weighted by molar-refractivity contribution is -0.384. The third kappa shape index (κ3) is 3.29. The van der Waals surface area contributed by atoms with E-state index in [-0.39, 0.29) is 10.6 Å². The fraction of sp³-hybridized carbons (Fsp3) is 0.429. The quantitative estimate of drug-likeness (QED) is 0.467. The Morgan fingerprint density at radius 1 is 1.38 bits per heavy atom. The van der Waals surface area contributed by atoms with Crippen LogP contribution in [-0.4, -0.2) is 19.7 Å². The van der Waals surface area contributed by atoms with Crippen LogP contribution in [0.2, 0.25) is 0 Å². The summed E-state index contributed by atoms with van der Waals surface area (Å²) in [7, 11) is 0. The second-order valence-electron chi connectivity index (χ2n) is 5.36. The predicted molar refractivity (Wildman–Crippen MR) is 84.3 cm³/mol. The summed E-state index contributed by atoms with van der Waals surface area (Å²) in [6.07, 6.45) is 0. The molecule has 2 aromatic rings. The van der Waals surface area contributed by atoms with Crippen molar-refractivity contribution in [2.75, 3.05) is 0 Å². The van der Waals surface area contributed by atoms with Crippen LogP contribution in [0, 0.1) is 23.0 Å². The van der Waals surface area contributed by atoms with Crippen LogP contribution in [0.5, 0.6) is 0 Å². The molecule has 0 saturated heterocycles. The van der Waals surface area contributed by atoms with Gasteiger partial charge in [-0.15, -0.1) is 10.2 Å². The van der Waals surface area contributed by atoms with E-state index in [1.54, 1.807) is 12.1 Å². The number of nitro benzene ring substituents is 1. The van der Waals surface area contributed by atoms with Crippen molar-refractivity contribution in [3.63, 3.8) is 0 Å². The number of hydrogen-bond acceptors (Lipinski definition) is 4. The Morgan fingerprint density at radius 2 is 2.10 bits per heavy atom. The fourth-order valence-electron chi connectivity index (χ4n) is 2.18. The molecule has 112 valence electrons. The Kier molecular flexibility index (Phi) is 4.72. The lowest BCUT2D eigenvalue weighted by atomic mass is 10.1. The Morgan fingerprint density at radius 3 is 2.67 bits per heavy atom. The van der Waals surface area contributed by atoms with Crippen LogP contribution in [0.25, 0.3) is 11.4 Å². The number of benzene rings is 1. The highest BCUT2D eigenvalue weighted by molar-refractivity contribution is 9.08. The number of rotatable bonds is 5. The fourth-order valence-corrected chi connectivity index (χ4v) is 2.59. The molecular formula is C14H17BrN4O2. The van der Waals surface area contributed by atoms with Gasteiger partial charge >= 0.3 is 0 Å². The molecule has 1 aromatic heterocycles. The smallest absolute Gasteiger partial charge is 0.280 e. The van der Waals surface area contributed by atoms with E-state index in [0.29, 0.717) is 29.2 Å². The minimum Gasteiger partial charge on any atom is -0.310 e. The topological polar surface area (TPSA) is 73.8 Å². The van der Waals surface area contributed by atoms with Crippen molar-refractivity contribution in [2.45, 2.75) is 32.6 Å². The standard InChI is InChI=1S/C14H17BrN4O2/c1-9(2)8-18-13(7-15)16-17-14(18)11-6-10(3)4-5-12(11)19(20)21/h4-6,9H,7-8H2,1-3H3. The van der Waals surface area contributed by atoms with E-state index in [1.165, 1.54) is 6.07 Å². The van der Waals surface area contributed by atoms with Gasteiger partial charge in [-0.3, -0.25) is 10.1 Å². The number of nitrogens with zero attached hydrogens (tertiary/aromatic N) is 4. The average Bonchev–Trinajstić information content (AvgIpc) is 2.80. The van der Waals surface area contributed by atoms with Gasteiger partial charge in [0, 0.05) is 12.6 Å². The molecule has 0 spiro atoms. The maximum atomic E-state index is 11.3. The highest BCUT2D eigenvalue weighted by Crippen LogP contribution is 2.30. The van der Waals surface area contributed by atoms with Gasteiger partial charge in [-0.1, -0.05) is 35.8 Å². The van der Waals surface area contributed by atoms with Gasteiger partial charge in [-0.25, -0.2) is 0 Å². The first-order valence-electron chi connectivity index (χ1n) is 6.67. The molecule has 0 aliphatic heterocycles. The highest BCUT2D eigenvalue weighted by atomic mass is 79.9. The summed E-state index contributed by atoms with van der Waals surface area (Å²) in [6, 6.07) is 5.04. The van der Waals surface area contributed by atoms with Gasteiger partial charge < -0.3 is 4.57 Å².